The first-order chi connectivity index (χ1) is 3.80. The third-order valence-electron chi connectivity index (χ3n) is 1.49. The lowest BCUT2D eigenvalue weighted by Crippen LogP contribution is -2.39. The normalized spacial score (nSPS) is 24.2. The summed E-state index contributed by atoms with van der Waals surface area (Å²) in [7, 11) is 4.17. The number of rotatable bonds is 0. The van der Waals surface area contributed by atoms with E-state index >= 15 is 0 Å². The van der Waals surface area contributed by atoms with Gasteiger partial charge in [0.1, 0.15) is 0 Å². The molecule has 0 aromatic heterocycles. The standard InChI is InChI=1S/C6H12N2/c1-7-5-3-4-6-8(7)2/h3-4H,5-6H2,1-2H3. The summed E-state index contributed by atoms with van der Waals surface area (Å²) in [6.45, 7) is 2.10. The lowest BCUT2D eigenvalue weighted by molar-refractivity contribution is 0.0449. The Hall–Kier alpha value is -0.340. The molecule has 0 spiro atoms. The van der Waals surface area contributed by atoms with Gasteiger partial charge < -0.3 is 0 Å². The summed E-state index contributed by atoms with van der Waals surface area (Å²) in [5, 5.41) is 4.36. The van der Waals surface area contributed by atoms with E-state index in [4.69, 9.17) is 0 Å². The molecular formula is C6H12N2. The van der Waals surface area contributed by atoms with Gasteiger partial charge in [-0.3, -0.25) is 0 Å². The Kier molecular flexibility index (Phi) is 1.65. The molecule has 2 heteroatoms. The molecule has 0 aromatic rings. The van der Waals surface area contributed by atoms with Crippen LogP contribution in [0.3, 0.4) is 0 Å². The molecule has 0 amide bonds. The molecule has 0 bridgehead atoms. The van der Waals surface area contributed by atoms with Gasteiger partial charge >= 0.3 is 0 Å². The van der Waals surface area contributed by atoms with Gasteiger partial charge in [-0.15, -0.1) is 0 Å². The molecule has 46 valence electrons. The lowest BCUT2D eigenvalue weighted by atomic mass is 10.4. The molecule has 2 nitrogen and oxygen atoms in total. The quantitative estimate of drug-likeness (QED) is 0.417. The SMILES string of the molecule is CN1CC=CCN1C. The van der Waals surface area contributed by atoms with Crippen molar-refractivity contribution in [1.82, 2.24) is 10.0 Å². The zero-order chi connectivity index (χ0) is 5.98. The Morgan fingerprint density at radius 1 is 1.00 bits per heavy atom. The van der Waals surface area contributed by atoms with Gasteiger partial charge in [-0.05, 0) is 0 Å². The second kappa shape index (κ2) is 2.29. The highest BCUT2D eigenvalue weighted by molar-refractivity contribution is 4.89. The molecule has 0 N–H and O–H groups in total. The number of hydrogen-bond donors (Lipinski definition) is 0. The van der Waals surface area contributed by atoms with Crippen LogP contribution in [0.15, 0.2) is 12.2 Å². The molecule has 0 radical (unpaired) electrons. The fourth-order valence-corrected chi connectivity index (χ4v) is 0.733. The number of nitrogens with zero attached hydrogens (tertiary/aromatic N) is 2. The van der Waals surface area contributed by atoms with Crippen molar-refractivity contribution >= 4 is 0 Å². The first-order valence-corrected chi connectivity index (χ1v) is 2.88. The fraction of sp³-hybridized carbons (Fsp3) is 0.667. The van der Waals surface area contributed by atoms with E-state index in [1.807, 2.05) is 0 Å². The molecular weight excluding hydrogens is 100 g/mol. The molecule has 0 saturated carbocycles. The van der Waals surface area contributed by atoms with Gasteiger partial charge in [-0.2, -0.15) is 0 Å². The Balaban J connectivity index is 2.44. The molecule has 1 aliphatic heterocycles. The summed E-state index contributed by atoms with van der Waals surface area (Å²) in [6, 6.07) is 0. The minimum atomic E-state index is 1.05. The van der Waals surface area contributed by atoms with Crippen LogP contribution in [-0.4, -0.2) is 37.2 Å². The van der Waals surface area contributed by atoms with Crippen LogP contribution in [0.4, 0.5) is 0 Å². The van der Waals surface area contributed by atoms with E-state index in [1.165, 1.54) is 0 Å². The second-order valence-corrected chi connectivity index (χ2v) is 2.15. The third kappa shape index (κ3) is 1.08. The summed E-state index contributed by atoms with van der Waals surface area (Å²) in [4.78, 5) is 0. The molecule has 1 rings (SSSR count). The average Bonchev–Trinajstić information content (AvgIpc) is 1.77. The van der Waals surface area contributed by atoms with Crippen molar-refractivity contribution in [2.75, 3.05) is 27.2 Å². The summed E-state index contributed by atoms with van der Waals surface area (Å²) >= 11 is 0. The van der Waals surface area contributed by atoms with Crippen molar-refractivity contribution in [3.63, 3.8) is 0 Å². The first kappa shape index (κ1) is 5.79. The molecule has 0 atom stereocenters. The van der Waals surface area contributed by atoms with Crippen LogP contribution in [0.2, 0.25) is 0 Å². The molecule has 1 heterocycles. The van der Waals surface area contributed by atoms with Gasteiger partial charge in [0.05, 0.1) is 0 Å². The summed E-state index contributed by atoms with van der Waals surface area (Å²) in [5.74, 6) is 0. The number of likely N-dealkylation sites (N-methyl/N-ethyl adjacent to an activating group) is 2. The van der Waals surface area contributed by atoms with E-state index in [0.29, 0.717) is 0 Å². The highest BCUT2D eigenvalue weighted by atomic mass is 15.6. The van der Waals surface area contributed by atoms with E-state index in [0.717, 1.165) is 13.1 Å². The first-order valence-electron chi connectivity index (χ1n) is 2.88. The van der Waals surface area contributed by atoms with Crippen molar-refractivity contribution in [2.45, 2.75) is 0 Å². The van der Waals surface area contributed by atoms with Gasteiger partial charge in [-0.1, -0.05) is 12.2 Å². The number of hydrogen-bond acceptors (Lipinski definition) is 2. The van der Waals surface area contributed by atoms with Crippen LogP contribution in [0.5, 0.6) is 0 Å². The average molecular weight is 112 g/mol. The Morgan fingerprint density at radius 3 is 1.62 bits per heavy atom. The van der Waals surface area contributed by atoms with Crippen molar-refractivity contribution in [2.24, 2.45) is 0 Å². The van der Waals surface area contributed by atoms with Crippen LogP contribution in [0, 0.1) is 0 Å². The van der Waals surface area contributed by atoms with Crippen molar-refractivity contribution in [3.05, 3.63) is 12.2 Å². The zero-order valence-corrected chi connectivity index (χ0v) is 5.46. The highest BCUT2D eigenvalue weighted by Gasteiger charge is 2.04. The van der Waals surface area contributed by atoms with Crippen LogP contribution in [0.1, 0.15) is 0 Å². The fourth-order valence-electron chi connectivity index (χ4n) is 0.733. The van der Waals surface area contributed by atoms with Crippen LogP contribution in [-0.2, 0) is 0 Å². The maximum atomic E-state index is 2.18. The van der Waals surface area contributed by atoms with Crippen molar-refractivity contribution in [3.8, 4) is 0 Å². The Morgan fingerprint density at radius 2 is 1.38 bits per heavy atom. The maximum Gasteiger partial charge on any atom is 0.0311 e. The lowest BCUT2D eigenvalue weighted by Gasteiger charge is -2.28. The van der Waals surface area contributed by atoms with Gasteiger partial charge in [0, 0.05) is 27.2 Å². The van der Waals surface area contributed by atoms with Crippen molar-refractivity contribution in [1.29, 1.82) is 0 Å². The Bertz CT molecular complexity index is 86.7. The summed E-state index contributed by atoms with van der Waals surface area (Å²) in [5.41, 5.74) is 0. The largest absolute Gasteiger partial charge is 0.241 e. The Labute approximate surface area is 50.4 Å². The van der Waals surface area contributed by atoms with Gasteiger partial charge in [-0.25, -0.2) is 10.0 Å². The zero-order valence-electron chi connectivity index (χ0n) is 5.46. The predicted molar refractivity (Wildman–Crippen MR) is 34.4 cm³/mol. The van der Waals surface area contributed by atoms with E-state index in [1.54, 1.807) is 0 Å². The van der Waals surface area contributed by atoms with Crippen LogP contribution in [0.25, 0.3) is 0 Å². The predicted octanol–water partition coefficient (Wildman–Crippen LogP) is 0.335. The molecule has 0 saturated heterocycles. The van der Waals surface area contributed by atoms with Crippen LogP contribution >= 0.6 is 0 Å². The molecule has 8 heavy (non-hydrogen) atoms. The minimum absolute atomic E-state index is 1.05. The van der Waals surface area contributed by atoms with E-state index < -0.39 is 0 Å². The molecule has 1 aliphatic rings. The summed E-state index contributed by atoms with van der Waals surface area (Å²) in [6.07, 6.45) is 4.36. The molecule has 0 aromatic carbocycles. The minimum Gasteiger partial charge on any atom is -0.241 e. The smallest absolute Gasteiger partial charge is 0.0311 e. The number of hydrazine groups is 1. The highest BCUT2D eigenvalue weighted by Crippen LogP contribution is 1.96. The third-order valence-corrected chi connectivity index (χ3v) is 1.49. The topological polar surface area (TPSA) is 6.48 Å². The van der Waals surface area contributed by atoms with Gasteiger partial charge in [0.25, 0.3) is 0 Å². The molecule has 0 aliphatic carbocycles. The summed E-state index contributed by atoms with van der Waals surface area (Å²) < 4.78 is 0. The monoisotopic (exact) mass is 112 g/mol. The molecule has 0 fully saturated rings. The van der Waals surface area contributed by atoms with E-state index in [2.05, 4.69) is 36.3 Å². The molecule has 0 unspecified atom stereocenters. The van der Waals surface area contributed by atoms with Crippen LogP contribution < -0.4 is 0 Å². The van der Waals surface area contributed by atoms with Gasteiger partial charge in [0.2, 0.25) is 0 Å². The van der Waals surface area contributed by atoms with Crippen molar-refractivity contribution < 1.29 is 0 Å². The maximum absolute atomic E-state index is 2.18. The van der Waals surface area contributed by atoms with Gasteiger partial charge in [0.15, 0.2) is 0 Å². The van der Waals surface area contributed by atoms with E-state index in [-0.39, 0.29) is 0 Å². The van der Waals surface area contributed by atoms with E-state index in [9.17, 15) is 0 Å². The second-order valence-electron chi connectivity index (χ2n) is 2.15.